The maximum absolute atomic E-state index is 5.60. The Morgan fingerprint density at radius 2 is 1.21 bits per heavy atom. The highest BCUT2D eigenvalue weighted by atomic mass is 14.9. The Kier molecular flexibility index (Phi) is 2.89. The number of aromatic nitrogens is 2. The SMILES string of the molecule is CC1(C)[C@@H]2CC[C@@]1(C)c1nc3c(c(-c4ccncc4)c12)[C@H]1CC[C@]3(C)C1(C)C. The fourth-order valence-electron chi connectivity index (χ4n) is 7.82. The highest BCUT2D eigenvalue weighted by Gasteiger charge is 2.66. The van der Waals surface area contributed by atoms with Crippen LogP contribution in [0, 0.1) is 10.8 Å². The molecular weight excluding hydrogens is 340 g/mol. The van der Waals surface area contributed by atoms with Crippen LogP contribution < -0.4 is 0 Å². The first-order chi connectivity index (χ1) is 13.1. The van der Waals surface area contributed by atoms with Crippen LogP contribution in [0.1, 0.15) is 102 Å². The first-order valence-electron chi connectivity index (χ1n) is 11.1. The molecule has 4 bridgehead atoms. The molecule has 6 rings (SSSR count). The van der Waals surface area contributed by atoms with Crippen molar-refractivity contribution in [2.24, 2.45) is 10.8 Å². The Morgan fingerprint density at radius 3 is 1.68 bits per heavy atom. The molecule has 2 heterocycles. The first kappa shape index (κ1) is 17.2. The Labute approximate surface area is 169 Å². The van der Waals surface area contributed by atoms with Crippen LogP contribution >= 0.6 is 0 Å². The lowest BCUT2D eigenvalue weighted by Gasteiger charge is -2.36. The molecule has 0 radical (unpaired) electrons. The van der Waals surface area contributed by atoms with Gasteiger partial charge in [-0.1, -0.05) is 41.5 Å². The van der Waals surface area contributed by atoms with Crippen molar-refractivity contribution < 1.29 is 0 Å². The largest absolute Gasteiger partial charge is 0.265 e. The van der Waals surface area contributed by atoms with E-state index in [-0.39, 0.29) is 21.7 Å². The Morgan fingerprint density at radius 1 is 0.750 bits per heavy atom. The van der Waals surface area contributed by atoms with Crippen LogP contribution in [0.2, 0.25) is 0 Å². The van der Waals surface area contributed by atoms with Gasteiger partial charge in [-0.05, 0) is 82.7 Å². The van der Waals surface area contributed by atoms with E-state index in [0.717, 1.165) is 0 Å². The van der Waals surface area contributed by atoms with Crippen LogP contribution in [0.4, 0.5) is 0 Å². The Bertz CT molecular complexity index is 958. The van der Waals surface area contributed by atoms with Gasteiger partial charge in [0, 0.05) is 23.2 Å². The second-order valence-electron chi connectivity index (χ2n) is 11.5. The van der Waals surface area contributed by atoms with Crippen LogP contribution in [-0.2, 0) is 10.8 Å². The summed E-state index contributed by atoms with van der Waals surface area (Å²) in [7, 11) is 0. The molecule has 2 saturated carbocycles. The number of fused-ring (bicyclic) bond motifs is 10. The van der Waals surface area contributed by atoms with E-state index in [1.165, 1.54) is 42.6 Å². The summed E-state index contributed by atoms with van der Waals surface area (Å²) in [4.78, 5) is 9.93. The van der Waals surface area contributed by atoms with Crippen molar-refractivity contribution >= 4 is 0 Å². The fraction of sp³-hybridized carbons (Fsp3) is 0.615. The van der Waals surface area contributed by atoms with Gasteiger partial charge in [-0.25, -0.2) is 0 Å². The lowest BCUT2D eigenvalue weighted by Crippen LogP contribution is -2.34. The maximum atomic E-state index is 5.60. The van der Waals surface area contributed by atoms with Gasteiger partial charge < -0.3 is 0 Å². The number of nitrogens with zero attached hydrogens (tertiary/aromatic N) is 2. The summed E-state index contributed by atoms with van der Waals surface area (Å²) in [5.74, 6) is 1.26. The van der Waals surface area contributed by atoms with Crippen molar-refractivity contribution in [3.8, 4) is 11.1 Å². The average Bonchev–Trinajstić information content (AvgIpc) is 3.17. The van der Waals surface area contributed by atoms with E-state index in [2.05, 4.69) is 58.7 Å². The highest BCUT2D eigenvalue weighted by Crippen LogP contribution is 2.73. The van der Waals surface area contributed by atoms with Crippen LogP contribution in [0.3, 0.4) is 0 Å². The highest BCUT2D eigenvalue weighted by molar-refractivity contribution is 5.78. The van der Waals surface area contributed by atoms with Crippen molar-refractivity contribution in [2.75, 3.05) is 0 Å². The third-order valence-electron chi connectivity index (χ3n) is 10.4. The van der Waals surface area contributed by atoms with Crippen molar-refractivity contribution in [2.45, 2.75) is 89.9 Å². The third kappa shape index (κ3) is 1.55. The molecule has 0 aromatic carbocycles. The zero-order chi connectivity index (χ0) is 19.7. The van der Waals surface area contributed by atoms with E-state index in [4.69, 9.17) is 4.98 Å². The van der Waals surface area contributed by atoms with Gasteiger partial charge in [0.05, 0.1) is 11.4 Å². The van der Waals surface area contributed by atoms with Crippen LogP contribution in [0.15, 0.2) is 24.5 Å². The van der Waals surface area contributed by atoms with Crippen LogP contribution in [0.25, 0.3) is 11.1 Å². The molecule has 146 valence electrons. The minimum absolute atomic E-state index is 0.201. The monoisotopic (exact) mass is 372 g/mol. The van der Waals surface area contributed by atoms with Crippen LogP contribution in [0.5, 0.6) is 0 Å². The smallest absolute Gasteiger partial charge is 0.0513 e. The van der Waals surface area contributed by atoms with Crippen molar-refractivity contribution in [1.82, 2.24) is 9.97 Å². The van der Waals surface area contributed by atoms with E-state index in [9.17, 15) is 0 Å². The van der Waals surface area contributed by atoms with Gasteiger partial charge in [-0.2, -0.15) is 0 Å². The summed E-state index contributed by atoms with van der Waals surface area (Å²) in [5.41, 5.74) is 9.94. The van der Waals surface area contributed by atoms with Gasteiger partial charge in [-0.15, -0.1) is 0 Å². The quantitative estimate of drug-likeness (QED) is 0.571. The molecule has 0 amide bonds. The van der Waals surface area contributed by atoms with Gasteiger partial charge in [-0.3, -0.25) is 9.97 Å². The van der Waals surface area contributed by atoms with Crippen molar-refractivity contribution in [3.63, 3.8) is 0 Å². The minimum Gasteiger partial charge on any atom is -0.265 e. The third-order valence-corrected chi connectivity index (χ3v) is 10.4. The molecule has 28 heavy (non-hydrogen) atoms. The summed E-state index contributed by atoms with van der Waals surface area (Å²) < 4.78 is 0. The number of rotatable bonds is 1. The molecule has 2 aromatic rings. The molecule has 4 aliphatic rings. The van der Waals surface area contributed by atoms with Crippen molar-refractivity contribution in [1.29, 1.82) is 0 Å². The summed E-state index contributed by atoms with van der Waals surface area (Å²) in [6.07, 6.45) is 9.11. The van der Waals surface area contributed by atoms with Crippen molar-refractivity contribution in [3.05, 3.63) is 47.0 Å². The summed E-state index contributed by atoms with van der Waals surface area (Å²) >= 11 is 0. The molecular formula is C26H32N2. The molecule has 2 nitrogen and oxygen atoms in total. The topological polar surface area (TPSA) is 25.8 Å². The number of hydrogen-bond donors (Lipinski definition) is 0. The lowest BCUT2D eigenvalue weighted by molar-refractivity contribution is 0.218. The predicted molar refractivity (Wildman–Crippen MR) is 114 cm³/mol. The zero-order valence-corrected chi connectivity index (χ0v) is 18.2. The van der Waals surface area contributed by atoms with E-state index >= 15 is 0 Å². The molecule has 0 aliphatic heterocycles. The summed E-state index contributed by atoms with van der Waals surface area (Å²) in [5, 5.41) is 0. The van der Waals surface area contributed by atoms with Gasteiger partial charge in [0.25, 0.3) is 0 Å². The standard InChI is InChI=1S/C26H32N2/c1-23(2)16-7-11-25(23,5)21-19(16)18(15-9-13-27-14-10-15)20-17-8-12-26(6,22(20)28-21)24(17,3)4/h9-10,13-14,16-17H,7-8,11-12H2,1-6H3/t16-,17-,25+,26+/m1/s1. The van der Waals surface area contributed by atoms with E-state index in [1.54, 1.807) is 16.7 Å². The van der Waals surface area contributed by atoms with Gasteiger partial charge >= 0.3 is 0 Å². The molecule has 4 aliphatic carbocycles. The van der Waals surface area contributed by atoms with E-state index < -0.39 is 0 Å². The van der Waals surface area contributed by atoms with Crippen LogP contribution in [-0.4, -0.2) is 9.97 Å². The van der Waals surface area contributed by atoms with E-state index in [0.29, 0.717) is 11.8 Å². The fourth-order valence-corrected chi connectivity index (χ4v) is 7.82. The molecule has 2 heteroatoms. The molecule has 0 saturated heterocycles. The number of hydrogen-bond acceptors (Lipinski definition) is 2. The normalized spacial score (nSPS) is 37.9. The van der Waals surface area contributed by atoms with Gasteiger partial charge in [0.1, 0.15) is 0 Å². The van der Waals surface area contributed by atoms with Gasteiger partial charge in [0.15, 0.2) is 0 Å². The predicted octanol–water partition coefficient (Wildman–Crippen LogP) is 6.49. The summed E-state index contributed by atoms with van der Waals surface area (Å²) in [6, 6.07) is 4.47. The molecule has 0 spiro atoms. The lowest BCUT2D eigenvalue weighted by atomic mass is 9.69. The second kappa shape index (κ2) is 4.71. The molecule has 2 fully saturated rings. The minimum atomic E-state index is 0.201. The van der Waals surface area contributed by atoms with Gasteiger partial charge in [0.2, 0.25) is 0 Å². The van der Waals surface area contributed by atoms with E-state index in [1.807, 2.05) is 12.4 Å². The molecule has 0 unspecified atom stereocenters. The average molecular weight is 373 g/mol. The Hall–Kier alpha value is -1.70. The first-order valence-corrected chi connectivity index (χ1v) is 11.1. The second-order valence-corrected chi connectivity index (χ2v) is 11.5. The Balaban J connectivity index is 1.76. The number of pyridine rings is 2. The maximum Gasteiger partial charge on any atom is 0.0513 e. The molecule has 0 N–H and O–H groups in total. The molecule has 4 atom stereocenters. The molecule has 2 aromatic heterocycles. The summed E-state index contributed by atoms with van der Waals surface area (Å²) in [6.45, 7) is 15.0. The zero-order valence-electron chi connectivity index (χ0n) is 18.2.